The first-order valence-electron chi connectivity index (χ1n) is 11.6. The van der Waals surface area contributed by atoms with Crippen molar-refractivity contribution >= 4 is 11.7 Å². The highest BCUT2D eigenvalue weighted by molar-refractivity contribution is 5.90. The molecule has 7 heteroatoms. The molecule has 0 saturated carbocycles. The summed E-state index contributed by atoms with van der Waals surface area (Å²) in [5.74, 6) is 2.09. The van der Waals surface area contributed by atoms with Gasteiger partial charge in [0.1, 0.15) is 19.0 Å². The minimum absolute atomic E-state index is 0.202. The van der Waals surface area contributed by atoms with Gasteiger partial charge < -0.3 is 29.0 Å². The first-order chi connectivity index (χ1) is 17.2. The lowest BCUT2D eigenvalue weighted by molar-refractivity contribution is 0.171. The Labute approximate surface area is 203 Å². The summed E-state index contributed by atoms with van der Waals surface area (Å²) < 4.78 is 18.9. The van der Waals surface area contributed by atoms with Crippen molar-refractivity contribution < 1.29 is 19.0 Å². The van der Waals surface area contributed by atoms with Crippen LogP contribution >= 0.6 is 0 Å². The Hall–Kier alpha value is -4.39. The predicted octanol–water partition coefficient (Wildman–Crippen LogP) is 5.39. The molecule has 2 aliphatic rings. The highest BCUT2D eigenvalue weighted by atomic mass is 16.6. The van der Waals surface area contributed by atoms with Crippen LogP contribution < -0.4 is 19.5 Å². The second-order valence-corrected chi connectivity index (χ2v) is 8.52. The Bertz CT molecular complexity index is 1380. The van der Waals surface area contributed by atoms with Crippen molar-refractivity contribution in [3.8, 4) is 22.9 Å². The summed E-state index contributed by atoms with van der Waals surface area (Å²) in [6.07, 6.45) is 2.05. The molecule has 0 bridgehead atoms. The zero-order chi connectivity index (χ0) is 23.8. The van der Waals surface area contributed by atoms with Gasteiger partial charge in [0.25, 0.3) is 0 Å². The number of benzene rings is 3. The van der Waals surface area contributed by atoms with Gasteiger partial charge in [-0.1, -0.05) is 30.3 Å². The van der Waals surface area contributed by atoms with Crippen molar-refractivity contribution in [2.75, 3.05) is 25.6 Å². The van der Waals surface area contributed by atoms with E-state index in [9.17, 15) is 4.79 Å². The van der Waals surface area contributed by atoms with Crippen LogP contribution in [0, 0.1) is 0 Å². The number of nitrogens with one attached hydrogen (secondary N) is 1. The lowest BCUT2D eigenvalue weighted by atomic mass is 10.0. The van der Waals surface area contributed by atoms with Crippen LogP contribution in [-0.2, 0) is 6.54 Å². The second-order valence-electron chi connectivity index (χ2n) is 8.52. The molecule has 2 aliphatic heterocycles. The number of anilines is 1. The fraction of sp³-hybridized carbons (Fsp3) is 0.179. The fourth-order valence-corrected chi connectivity index (χ4v) is 4.79. The van der Waals surface area contributed by atoms with E-state index in [4.69, 9.17) is 14.2 Å². The summed E-state index contributed by atoms with van der Waals surface area (Å²) in [6.45, 7) is 1.46. The van der Waals surface area contributed by atoms with Crippen LogP contribution in [0.15, 0.2) is 85.1 Å². The average Bonchev–Trinajstić information content (AvgIpc) is 3.33. The normalized spacial score (nSPS) is 16.0. The predicted molar refractivity (Wildman–Crippen MR) is 133 cm³/mol. The van der Waals surface area contributed by atoms with Crippen molar-refractivity contribution in [1.29, 1.82) is 0 Å². The van der Waals surface area contributed by atoms with Crippen molar-refractivity contribution in [1.82, 2.24) is 9.47 Å². The second kappa shape index (κ2) is 8.76. The van der Waals surface area contributed by atoms with E-state index in [0.29, 0.717) is 36.9 Å². The molecule has 1 atom stereocenters. The molecule has 6 rings (SSSR count). The Morgan fingerprint density at radius 3 is 2.57 bits per heavy atom. The Balaban J connectivity index is 1.41. The minimum atomic E-state index is -0.305. The zero-order valence-corrected chi connectivity index (χ0v) is 19.3. The van der Waals surface area contributed by atoms with Crippen LogP contribution in [0.2, 0.25) is 0 Å². The number of ether oxygens (including phenoxy) is 3. The molecule has 0 radical (unpaired) electrons. The van der Waals surface area contributed by atoms with Gasteiger partial charge in [0.05, 0.1) is 25.4 Å². The quantitative estimate of drug-likeness (QED) is 0.439. The van der Waals surface area contributed by atoms with E-state index in [1.54, 1.807) is 7.11 Å². The van der Waals surface area contributed by atoms with Crippen molar-refractivity contribution in [3.63, 3.8) is 0 Å². The maximum absolute atomic E-state index is 13.8. The number of amides is 2. The summed E-state index contributed by atoms with van der Waals surface area (Å²) in [5, 5.41) is 3.08. The van der Waals surface area contributed by atoms with Gasteiger partial charge in [0.15, 0.2) is 11.5 Å². The molecule has 35 heavy (non-hydrogen) atoms. The molecule has 1 aromatic heterocycles. The number of urea groups is 1. The highest BCUT2D eigenvalue weighted by Crippen LogP contribution is 2.38. The molecule has 7 nitrogen and oxygen atoms in total. The van der Waals surface area contributed by atoms with Gasteiger partial charge in [-0.05, 0) is 53.6 Å². The molecule has 0 saturated heterocycles. The standard InChI is InChI=1S/C28H25N3O4/c1-33-22-11-8-19(9-12-22)27-24-7-4-14-30(24)23-6-3-2-5-20(23)18-31(27)28(32)29-21-10-13-25-26(17-21)35-16-15-34-25/h2-14,17,27H,15-16,18H2,1H3,(H,29,32). The number of fused-ring (bicyclic) bond motifs is 4. The molecule has 2 amide bonds. The number of methoxy groups -OCH3 is 1. The van der Waals surface area contributed by atoms with Gasteiger partial charge >= 0.3 is 6.03 Å². The van der Waals surface area contributed by atoms with Crippen molar-refractivity contribution in [3.05, 3.63) is 102 Å². The molecule has 0 spiro atoms. The monoisotopic (exact) mass is 467 g/mol. The molecule has 176 valence electrons. The maximum atomic E-state index is 13.8. The number of aromatic nitrogens is 1. The van der Waals surface area contributed by atoms with Crippen LogP contribution in [0.1, 0.15) is 22.9 Å². The Kier molecular flexibility index (Phi) is 5.29. The molecule has 1 unspecified atom stereocenters. The lowest BCUT2D eigenvalue weighted by Gasteiger charge is -2.31. The smallest absolute Gasteiger partial charge is 0.322 e. The van der Waals surface area contributed by atoms with Gasteiger partial charge in [-0.3, -0.25) is 0 Å². The number of hydrogen-bond acceptors (Lipinski definition) is 4. The summed E-state index contributed by atoms with van der Waals surface area (Å²) >= 11 is 0. The van der Waals surface area contributed by atoms with E-state index in [1.807, 2.05) is 71.8 Å². The van der Waals surface area contributed by atoms with Gasteiger partial charge in [-0.15, -0.1) is 0 Å². The van der Waals surface area contributed by atoms with Crippen molar-refractivity contribution in [2.24, 2.45) is 0 Å². The van der Waals surface area contributed by atoms with Crippen LogP contribution in [-0.4, -0.2) is 35.8 Å². The number of carbonyl (C=O) groups is 1. The lowest BCUT2D eigenvalue weighted by Crippen LogP contribution is -2.37. The van der Waals surface area contributed by atoms with Gasteiger partial charge in [0.2, 0.25) is 0 Å². The largest absolute Gasteiger partial charge is 0.497 e. The van der Waals surface area contributed by atoms with Gasteiger partial charge in [-0.25, -0.2) is 4.79 Å². The van der Waals surface area contributed by atoms with Crippen LogP contribution in [0.25, 0.3) is 5.69 Å². The summed E-state index contributed by atoms with van der Waals surface area (Å²) in [7, 11) is 1.65. The van der Waals surface area contributed by atoms with E-state index in [-0.39, 0.29) is 12.1 Å². The van der Waals surface area contributed by atoms with Crippen LogP contribution in [0.4, 0.5) is 10.5 Å². The number of rotatable bonds is 3. The zero-order valence-electron chi connectivity index (χ0n) is 19.3. The Morgan fingerprint density at radius 1 is 0.943 bits per heavy atom. The third kappa shape index (κ3) is 3.85. The molecule has 3 aromatic carbocycles. The molecule has 4 aromatic rings. The van der Waals surface area contributed by atoms with Gasteiger partial charge in [-0.2, -0.15) is 0 Å². The summed E-state index contributed by atoms with van der Waals surface area (Å²) in [6, 6.07) is 25.1. The van der Waals surface area contributed by atoms with Crippen LogP contribution in [0.5, 0.6) is 17.2 Å². The third-order valence-corrected chi connectivity index (χ3v) is 6.45. The number of nitrogens with zero attached hydrogens (tertiary/aromatic N) is 2. The minimum Gasteiger partial charge on any atom is -0.497 e. The topological polar surface area (TPSA) is 65.0 Å². The summed E-state index contributed by atoms with van der Waals surface area (Å²) in [5.41, 5.74) is 4.80. The van der Waals surface area contributed by atoms with Crippen molar-refractivity contribution in [2.45, 2.75) is 12.6 Å². The molecule has 1 N–H and O–H groups in total. The first-order valence-corrected chi connectivity index (χ1v) is 11.6. The van der Waals surface area contributed by atoms with E-state index < -0.39 is 0 Å². The average molecular weight is 468 g/mol. The summed E-state index contributed by atoms with van der Waals surface area (Å²) in [4.78, 5) is 15.7. The number of carbonyl (C=O) groups excluding carboxylic acids is 1. The SMILES string of the molecule is COc1ccc(C2c3cccn3-c3ccccc3CN2C(=O)Nc2ccc3c(c2)OCCO3)cc1. The van der Waals surface area contributed by atoms with Gasteiger partial charge in [0, 0.05) is 23.6 Å². The molecule has 3 heterocycles. The van der Waals surface area contributed by atoms with Crippen LogP contribution in [0.3, 0.4) is 0 Å². The Morgan fingerprint density at radius 2 is 1.74 bits per heavy atom. The fourth-order valence-electron chi connectivity index (χ4n) is 4.79. The number of para-hydroxylation sites is 1. The molecular formula is C28H25N3O4. The molecule has 0 fully saturated rings. The molecule has 0 aliphatic carbocycles. The first kappa shape index (κ1) is 21.2. The number of hydrogen-bond donors (Lipinski definition) is 1. The van der Waals surface area contributed by atoms with E-state index in [2.05, 4.69) is 28.1 Å². The van der Waals surface area contributed by atoms with E-state index >= 15 is 0 Å². The molecular weight excluding hydrogens is 442 g/mol. The van der Waals surface area contributed by atoms with E-state index in [0.717, 1.165) is 28.3 Å². The highest BCUT2D eigenvalue weighted by Gasteiger charge is 2.33. The van der Waals surface area contributed by atoms with E-state index in [1.165, 1.54) is 0 Å². The maximum Gasteiger partial charge on any atom is 0.322 e. The third-order valence-electron chi connectivity index (χ3n) is 6.45.